The number of hydrogen-bond acceptors (Lipinski definition) is 0. The highest BCUT2D eigenvalue weighted by molar-refractivity contribution is 6.55. The Morgan fingerprint density at radius 3 is 1.17 bits per heavy atom. The summed E-state index contributed by atoms with van der Waals surface area (Å²) in [6.07, 6.45) is 0. The SMILES string of the molecule is [CH]c1c(Cl)c(Cl)c(Cl)c(Cl)c1Cl. The first-order valence-electron chi connectivity index (χ1n) is 2.73. The predicted molar refractivity (Wildman–Crippen MR) is 54.9 cm³/mol. The molecule has 12 heavy (non-hydrogen) atoms. The van der Waals surface area contributed by atoms with Gasteiger partial charge in [0, 0.05) is 6.92 Å². The fourth-order valence-electron chi connectivity index (χ4n) is 0.622. The van der Waals surface area contributed by atoms with E-state index in [1.807, 2.05) is 0 Å². The van der Waals surface area contributed by atoms with Gasteiger partial charge in [-0.1, -0.05) is 58.0 Å². The van der Waals surface area contributed by atoms with Crippen molar-refractivity contribution in [2.24, 2.45) is 0 Å². The molecule has 0 amide bonds. The van der Waals surface area contributed by atoms with Crippen molar-refractivity contribution in [2.45, 2.75) is 0 Å². The van der Waals surface area contributed by atoms with Crippen LogP contribution < -0.4 is 0 Å². The average Bonchev–Trinajstić information content (AvgIpc) is 2.08. The van der Waals surface area contributed by atoms with E-state index in [9.17, 15) is 0 Å². The molecule has 1 rings (SSSR count). The molecule has 5 heteroatoms. The summed E-state index contributed by atoms with van der Waals surface area (Å²) in [6, 6.07) is 0. The van der Waals surface area contributed by atoms with Crippen LogP contribution in [0.5, 0.6) is 0 Å². The molecule has 64 valence electrons. The van der Waals surface area contributed by atoms with Crippen molar-refractivity contribution in [3.8, 4) is 0 Å². The van der Waals surface area contributed by atoms with Crippen LogP contribution in [0.3, 0.4) is 0 Å². The average molecular weight is 262 g/mol. The maximum Gasteiger partial charge on any atom is 0.0809 e. The van der Waals surface area contributed by atoms with Gasteiger partial charge in [-0.25, -0.2) is 0 Å². The highest BCUT2D eigenvalue weighted by atomic mass is 35.5. The summed E-state index contributed by atoms with van der Waals surface area (Å²) in [5, 5.41) is 0.588. The summed E-state index contributed by atoms with van der Waals surface area (Å²) >= 11 is 28.4. The third-order valence-corrected chi connectivity index (χ3v) is 3.55. The van der Waals surface area contributed by atoms with Crippen molar-refractivity contribution in [1.82, 2.24) is 0 Å². The Kier molecular flexibility index (Phi) is 3.41. The van der Waals surface area contributed by atoms with Gasteiger partial charge in [0.25, 0.3) is 0 Å². The topological polar surface area (TPSA) is 0 Å². The van der Waals surface area contributed by atoms with E-state index in [0.29, 0.717) is 0 Å². The molecular weight excluding hydrogens is 261 g/mol. The van der Waals surface area contributed by atoms with Gasteiger partial charge < -0.3 is 0 Å². The van der Waals surface area contributed by atoms with Crippen LogP contribution in [0.4, 0.5) is 0 Å². The van der Waals surface area contributed by atoms with Crippen LogP contribution in [-0.2, 0) is 0 Å². The third-order valence-electron chi connectivity index (χ3n) is 1.24. The Balaban J connectivity index is 3.60. The van der Waals surface area contributed by atoms with Crippen LogP contribution in [0.1, 0.15) is 5.56 Å². The Labute approximate surface area is 95.3 Å². The monoisotopic (exact) mass is 260 g/mol. The molecule has 0 N–H and O–H groups in total. The Hall–Kier alpha value is 0.670. The highest BCUT2D eigenvalue weighted by Crippen LogP contribution is 2.43. The van der Waals surface area contributed by atoms with Crippen LogP contribution in [0, 0.1) is 6.92 Å². The van der Waals surface area contributed by atoms with Crippen molar-refractivity contribution < 1.29 is 0 Å². The van der Waals surface area contributed by atoms with E-state index < -0.39 is 0 Å². The third kappa shape index (κ3) is 1.64. The molecule has 0 aliphatic heterocycles. The zero-order chi connectivity index (χ0) is 9.46. The number of benzene rings is 1. The molecule has 0 fully saturated rings. The lowest BCUT2D eigenvalue weighted by molar-refractivity contribution is 1.60. The second kappa shape index (κ2) is 3.81. The second-order valence-electron chi connectivity index (χ2n) is 1.98. The van der Waals surface area contributed by atoms with Crippen molar-refractivity contribution in [3.05, 3.63) is 37.6 Å². The standard InChI is InChI=1S/C7HCl5/c1-2-3(8)5(10)7(12)6(11)4(2)9/h1H. The fraction of sp³-hybridized carbons (Fsp3) is 0. The van der Waals surface area contributed by atoms with Gasteiger partial charge in [-0.15, -0.1) is 0 Å². The van der Waals surface area contributed by atoms with Crippen molar-refractivity contribution in [2.75, 3.05) is 0 Å². The Morgan fingerprint density at radius 1 is 0.583 bits per heavy atom. The van der Waals surface area contributed by atoms with Crippen molar-refractivity contribution in [1.29, 1.82) is 0 Å². The molecule has 0 spiro atoms. The van der Waals surface area contributed by atoms with Gasteiger partial charge in [-0.2, -0.15) is 0 Å². The van der Waals surface area contributed by atoms with E-state index in [-0.39, 0.29) is 30.7 Å². The molecule has 0 saturated heterocycles. The maximum atomic E-state index is 5.68. The van der Waals surface area contributed by atoms with Gasteiger partial charge in [0.05, 0.1) is 25.1 Å². The zero-order valence-electron chi connectivity index (χ0n) is 5.47. The van der Waals surface area contributed by atoms with Crippen molar-refractivity contribution in [3.63, 3.8) is 0 Å². The molecule has 0 atom stereocenters. The minimum atomic E-state index is 0.113. The Morgan fingerprint density at radius 2 is 0.833 bits per heavy atom. The van der Waals surface area contributed by atoms with Gasteiger partial charge in [0.1, 0.15) is 0 Å². The number of halogens is 5. The lowest BCUT2D eigenvalue weighted by Gasteiger charge is -2.07. The van der Waals surface area contributed by atoms with Gasteiger partial charge >= 0.3 is 0 Å². The fourth-order valence-corrected chi connectivity index (χ4v) is 1.77. The summed E-state index contributed by atoms with van der Waals surface area (Å²) in [4.78, 5) is 0. The quantitative estimate of drug-likeness (QED) is 0.455. The molecule has 1 aromatic rings. The molecule has 0 unspecified atom stereocenters. The summed E-state index contributed by atoms with van der Waals surface area (Å²) < 4.78 is 0. The van der Waals surface area contributed by atoms with E-state index in [2.05, 4.69) is 0 Å². The molecule has 2 radical (unpaired) electrons. The molecule has 1 aromatic carbocycles. The van der Waals surface area contributed by atoms with E-state index in [1.54, 1.807) is 0 Å². The molecule has 0 saturated carbocycles. The van der Waals surface area contributed by atoms with E-state index in [0.717, 1.165) is 0 Å². The van der Waals surface area contributed by atoms with Crippen LogP contribution in [0.25, 0.3) is 0 Å². The summed E-state index contributed by atoms with van der Waals surface area (Å²) in [6.45, 7) is 5.46. The molecular formula is C7HCl5. The van der Waals surface area contributed by atoms with Crippen LogP contribution in [0.15, 0.2) is 0 Å². The zero-order valence-corrected chi connectivity index (χ0v) is 9.25. The summed E-state index contributed by atoms with van der Waals surface area (Å²) in [5.74, 6) is 0. The van der Waals surface area contributed by atoms with Gasteiger partial charge in [-0.3, -0.25) is 0 Å². The van der Waals surface area contributed by atoms with Crippen LogP contribution in [-0.4, -0.2) is 0 Å². The largest absolute Gasteiger partial charge is 0.0823 e. The molecule has 0 aromatic heterocycles. The molecule has 0 aliphatic rings. The molecule has 0 nitrogen and oxygen atoms in total. The Bertz CT molecular complexity index is 226. The van der Waals surface area contributed by atoms with Gasteiger partial charge in [0.15, 0.2) is 0 Å². The van der Waals surface area contributed by atoms with E-state index >= 15 is 0 Å². The highest BCUT2D eigenvalue weighted by Gasteiger charge is 2.15. The summed E-state index contributed by atoms with van der Waals surface area (Å²) in [5.41, 5.74) is 0.137. The maximum absolute atomic E-state index is 5.68. The van der Waals surface area contributed by atoms with Gasteiger partial charge in [0.2, 0.25) is 0 Å². The summed E-state index contributed by atoms with van der Waals surface area (Å²) in [7, 11) is 0. The smallest absolute Gasteiger partial charge is 0.0809 e. The lowest BCUT2D eigenvalue weighted by Crippen LogP contribution is -1.83. The number of hydrogen-bond donors (Lipinski definition) is 0. The van der Waals surface area contributed by atoms with E-state index in [4.69, 9.17) is 64.9 Å². The van der Waals surface area contributed by atoms with Crippen LogP contribution >= 0.6 is 58.0 Å². The van der Waals surface area contributed by atoms with Crippen molar-refractivity contribution >= 4 is 58.0 Å². The normalized spacial score (nSPS) is 10.5. The predicted octanol–water partition coefficient (Wildman–Crippen LogP) is 5.01. The first-order valence-corrected chi connectivity index (χ1v) is 4.62. The molecule has 0 aliphatic carbocycles. The number of rotatable bonds is 0. The first-order chi connectivity index (χ1) is 5.46. The minimum Gasteiger partial charge on any atom is -0.0823 e. The lowest BCUT2D eigenvalue weighted by atomic mass is 10.2. The van der Waals surface area contributed by atoms with E-state index in [1.165, 1.54) is 0 Å². The minimum absolute atomic E-state index is 0.113. The molecule has 0 heterocycles. The van der Waals surface area contributed by atoms with Crippen LogP contribution in [0.2, 0.25) is 25.1 Å². The first kappa shape index (κ1) is 10.7. The molecule has 0 bridgehead atoms. The second-order valence-corrected chi connectivity index (χ2v) is 3.87. The van der Waals surface area contributed by atoms with Gasteiger partial charge in [-0.05, 0) is 5.56 Å².